The second kappa shape index (κ2) is 4.71. The molecular weight excluding hydrogens is 224 g/mol. The molecule has 0 bridgehead atoms. The van der Waals surface area contributed by atoms with Gasteiger partial charge in [-0.15, -0.1) is 0 Å². The summed E-state index contributed by atoms with van der Waals surface area (Å²) in [6, 6.07) is 0. The molecule has 0 unspecified atom stereocenters. The van der Waals surface area contributed by atoms with Gasteiger partial charge in [0.05, 0.1) is 0 Å². The van der Waals surface area contributed by atoms with Crippen LogP contribution in [0.2, 0.25) is 0 Å². The van der Waals surface area contributed by atoms with Crippen LogP contribution >= 0.6 is 0 Å². The van der Waals surface area contributed by atoms with E-state index in [1.807, 2.05) is 0 Å². The number of allylic oxidation sites excluding steroid dienone is 1. The normalized spacial score (nSPS) is 37.9. The van der Waals surface area contributed by atoms with Gasteiger partial charge in [0.2, 0.25) is 0 Å². The third-order valence-electron chi connectivity index (χ3n) is 5.90. The summed E-state index contributed by atoms with van der Waals surface area (Å²) in [5.41, 5.74) is 2.15. The number of hydrogen-bond donors (Lipinski definition) is 1. The highest BCUT2D eigenvalue weighted by molar-refractivity contribution is 5.86. The van der Waals surface area contributed by atoms with E-state index in [0.29, 0.717) is 16.9 Å². The van der Waals surface area contributed by atoms with Crippen molar-refractivity contribution in [3.8, 4) is 0 Å². The van der Waals surface area contributed by atoms with Crippen LogP contribution in [0.1, 0.15) is 59.8 Å². The van der Waals surface area contributed by atoms with Gasteiger partial charge in [-0.3, -0.25) is 0 Å². The van der Waals surface area contributed by atoms with Crippen LogP contribution in [0.15, 0.2) is 11.1 Å². The second-order valence-corrected chi connectivity index (χ2v) is 6.94. The molecule has 2 heteroatoms. The van der Waals surface area contributed by atoms with E-state index in [-0.39, 0.29) is 0 Å². The summed E-state index contributed by atoms with van der Waals surface area (Å²) in [6.45, 7) is 8.90. The summed E-state index contributed by atoms with van der Waals surface area (Å²) in [5.74, 6) is 1.52. The lowest BCUT2D eigenvalue weighted by Crippen LogP contribution is -2.42. The van der Waals surface area contributed by atoms with Gasteiger partial charge >= 0.3 is 5.97 Å². The lowest BCUT2D eigenvalue weighted by molar-refractivity contribution is -0.132. The number of carboxylic acid groups (broad SMARTS) is 1. The van der Waals surface area contributed by atoms with Gasteiger partial charge in [-0.25, -0.2) is 4.79 Å². The van der Waals surface area contributed by atoms with Crippen LogP contribution in [0.4, 0.5) is 0 Å². The molecule has 2 fully saturated rings. The van der Waals surface area contributed by atoms with E-state index >= 15 is 0 Å². The monoisotopic (exact) mass is 250 g/mol. The maximum Gasteiger partial charge on any atom is 0.331 e. The largest absolute Gasteiger partial charge is 0.478 e. The number of fused-ring (bicyclic) bond motifs is 1. The van der Waals surface area contributed by atoms with Crippen LogP contribution < -0.4 is 0 Å². The highest BCUT2D eigenvalue weighted by Gasteiger charge is 2.45. The van der Waals surface area contributed by atoms with Gasteiger partial charge < -0.3 is 5.11 Å². The van der Waals surface area contributed by atoms with Gasteiger partial charge in [-0.05, 0) is 62.2 Å². The lowest BCUT2D eigenvalue weighted by Gasteiger charge is -2.51. The Balaban J connectivity index is 2.25. The number of carboxylic acids is 1. The second-order valence-electron chi connectivity index (χ2n) is 6.94. The van der Waals surface area contributed by atoms with Crippen LogP contribution in [-0.4, -0.2) is 11.1 Å². The Kier molecular flexibility index (Phi) is 3.57. The minimum Gasteiger partial charge on any atom is -0.478 e. The molecule has 0 aromatic heterocycles. The Labute approximate surface area is 110 Å². The van der Waals surface area contributed by atoms with Gasteiger partial charge in [0.1, 0.15) is 0 Å². The minimum atomic E-state index is -0.731. The summed E-state index contributed by atoms with van der Waals surface area (Å²) in [5, 5.41) is 9.15. The number of rotatable bonds is 1. The predicted molar refractivity (Wildman–Crippen MR) is 73.3 cm³/mol. The third kappa shape index (κ3) is 2.22. The molecule has 2 nitrogen and oxygen atoms in total. The Morgan fingerprint density at radius 3 is 2.56 bits per heavy atom. The molecule has 2 saturated carbocycles. The first kappa shape index (κ1) is 13.6. The summed E-state index contributed by atoms with van der Waals surface area (Å²) in [7, 11) is 0. The zero-order valence-electron chi connectivity index (χ0n) is 12.1. The number of aliphatic carboxylic acids is 1. The molecule has 2 aliphatic rings. The molecule has 0 aromatic carbocycles. The maximum absolute atomic E-state index is 11.1. The fraction of sp³-hybridized carbons (Fsp3) is 0.812. The van der Waals surface area contributed by atoms with Crippen LogP contribution in [0.3, 0.4) is 0 Å². The SMILES string of the molecule is C/C(C(=O)O)=C1\CC[C@@H]2CC[C@@H](C)C(C)(C)[C@H]2C1. The van der Waals surface area contributed by atoms with E-state index in [0.717, 1.165) is 24.7 Å². The Bertz CT molecular complexity index is 379. The van der Waals surface area contributed by atoms with Crippen molar-refractivity contribution in [1.82, 2.24) is 0 Å². The third-order valence-corrected chi connectivity index (χ3v) is 5.90. The van der Waals surface area contributed by atoms with E-state index in [9.17, 15) is 4.79 Å². The van der Waals surface area contributed by atoms with Crippen LogP contribution in [0.25, 0.3) is 0 Å². The summed E-state index contributed by atoms with van der Waals surface area (Å²) >= 11 is 0. The molecule has 0 aliphatic heterocycles. The molecule has 1 N–H and O–H groups in total. The average Bonchev–Trinajstić information content (AvgIpc) is 2.33. The number of carbonyl (C=O) groups is 1. The van der Waals surface area contributed by atoms with Crippen molar-refractivity contribution in [1.29, 1.82) is 0 Å². The van der Waals surface area contributed by atoms with E-state index in [1.165, 1.54) is 24.8 Å². The molecule has 0 spiro atoms. The summed E-state index contributed by atoms with van der Waals surface area (Å²) in [6.07, 6.45) is 5.89. The van der Waals surface area contributed by atoms with Crippen molar-refractivity contribution in [2.75, 3.05) is 0 Å². The van der Waals surface area contributed by atoms with Crippen molar-refractivity contribution < 1.29 is 9.90 Å². The Hall–Kier alpha value is -0.790. The van der Waals surface area contributed by atoms with E-state index in [4.69, 9.17) is 5.11 Å². The van der Waals surface area contributed by atoms with E-state index < -0.39 is 5.97 Å². The van der Waals surface area contributed by atoms with Crippen molar-refractivity contribution in [3.63, 3.8) is 0 Å². The first-order valence-corrected chi connectivity index (χ1v) is 7.26. The van der Waals surface area contributed by atoms with Gasteiger partial charge in [0.15, 0.2) is 0 Å². The first-order chi connectivity index (χ1) is 8.34. The molecule has 0 heterocycles. The van der Waals surface area contributed by atoms with E-state index in [1.54, 1.807) is 6.92 Å². The number of hydrogen-bond acceptors (Lipinski definition) is 1. The molecule has 0 radical (unpaired) electrons. The topological polar surface area (TPSA) is 37.3 Å². The van der Waals surface area contributed by atoms with Crippen molar-refractivity contribution in [2.45, 2.75) is 59.8 Å². The van der Waals surface area contributed by atoms with E-state index in [2.05, 4.69) is 20.8 Å². The molecule has 2 aliphatic carbocycles. The van der Waals surface area contributed by atoms with Crippen molar-refractivity contribution >= 4 is 5.97 Å². The summed E-state index contributed by atoms with van der Waals surface area (Å²) in [4.78, 5) is 11.1. The zero-order chi connectivity index (χ0) is 13.5. The van der Waals surface area contributed by atoms with Crippen LogP contribution in [0, 0.1) is 23.2 Å². The average molecular weight is 250 g/mol. The van der Waals surface area contributed by atoms with Gasteiger partial charge in [-0.1, -0.05) is 26.3 Å². The highest BCUT2D eigenvalue weighted by atomic mass is 16.4. The van der Waals surface area contributed by atoms with Crippen molar-refractivity contribution in [3.05, 3.63) is 11.1 Å². The molecule has 0 amide bonds. The van der Waals surface area contributed by atoms with Crippen LogP contribution in [0.5, 0.6) is 0 Å². The quantitative estimate of drug-likeness (QED) is 0.706. The Morgan fingerprint density at radius 2 is 1.94 bits per heavy atom. The van der Waals surface area contributed by atoms with Gasteiger partial charge in [0.25, 0.3) is 0 Å². The first-order valence-electron chi connectivity index (χ1n) is 7.26. The molecule has 2 rings (SSSR count). The zero-order valence-corrected chi connectivity index (χ0v) is 12.1. The molecule has 0 saturated heterocycles. The Morgan fingerprint density at radius 1 is 1.28 bits per heavy atom. The smallest absolute Gasteiger partial charge is 0.331 e. The van der Waals surface area contributed by atoms with Gasteiger partial charge in [0, 0.05) is 5.57 Å². The maximum atomic E-state index is 11.1. The molecule has 102 valence electrons. The lowest BCUT2D eigenvalue weighted by atomic mass is 9.54. The highest BCUT2D eigenvalue weighted by Crippen LogP contribution is 2.54. The van der Waals surface area contributed by atoms with Crippen molar-refractivity contribution in [2.24, 2.45) is 23.2 Å². The molecule has 3 atom stereocenters. The predicted octanol–water partition coefficient (Wildman–Crippen LogP) is 4.26. The fourth-order valence-corrected chi connectivity index (χ4v) is 4.00. The molecule has 18 heavy (non-hydrogen) atoms. The summed E-state index contributed by atoms with van der Waals surface area (Å²) < 4.78 is 0. The minimum absolute atomic E-state index is 0.355. The van der Waals surface area contributed by atoms with Gasteiger partial charge in [-0.2, -0.15) is 0 Å². The molecular formula is C16H26O2. The molecule has 0 aromatic rings. The van der Waals surface area contributed by atoms with Crippen LogP contribution in [-0.2, 0) is 4.79 Å². The fourth-order valence-electron chi connectivity index (χ4n) is 4.00. The standard InChI is InChI=1S/C16H26O2/c1-10-5-6-12-7-8-13(11(2)15(17)18)9-14(12)16(10,3)4/h10,12,14H,5-9H2,1-4H3,(H,17,18)/b13-11-/t10-,12+,14+/m1/s1.